The molecule has 0 radical (unpaired) electrons. The van der Waals surface area contributed by atoms with Crippen LogP contribution in [0.25, 0.3) is 0 Å². The molecule has 1 nitrogen and oxygen atoms in total. The third-order valence-electron chi connectivity index (χ3n) is 1.20. The fraction of sp³-hybridized carbons (Fsp3) is 0.333. The van der Waals surface area contributed by atoms with Crippen molar-refractivity contribution in [1.29, 1.82) is 0 Å². The summed E-state index contributed by atoms with van der Waals surface area (Å²) in [5, 5.41) is 0. The smallest absolute Gasteiger partial charge is 0.388 e. The van der Waals surface area contributed by atoms with E-state index in [0.717, 1.165) is 12.6 Å². The zero-order chi connectivity index (χ0) is 10.3. The molecular formula is C9H12F3N. The van der Waals surface area contributed by atoms with E-state index in [0.29, 0.717) is 0 Å². The zero-order valence-corrected chi connectivity index (χ0v) is 7.31. The van der Waals surface area contributed by atoms with Gasteiger partial charge in [-0.15, -0.1) is 0 Å². The van der Waals surface area contributed by atoms with Crippen molar-refractivity contribution in [3.63, 3.8) is 0 Å². The van der Waals surface area contributed by atoms with Crippen LogP contribution in [0.1, 0.15) is 13.3 Å². The molecule has 1 rings (SSSR count). The van der Waals surface area contributed by atoms with Crippen LogP contribution in [0.2, 0.25) is 0 Å². The van der Waals surface area contributed by atoms with Crippen molar-refractivity contribution >= 4 is 5.69 Å². The molecule has 0 spiro atoms. The van der Waals surface area contributed by atoms with E-state index in [1.165, 1.54) is 0 Å². The third kappa shape index (κ3) is 8.72. The Hall–Kier alpha value is -1.19. The lowest BCUT2D eigenvalue weighted by Crippen LogP contribution is -2.02. The summed E-state index contributed by atoms with van der Waals surface area (Å²) in [5.74, 6) is 0. The second kappa shape index (κ2) is 5.45. The van der Waals surface area contributed by atoms with Gasteiger partial charge in [0, 0.05) is 12.1 Å². The van der Waals surface area contributed by atoms with Crippen molar-refractivity contribution < 1.29 is 13.2 Å². The van der Waals surface area contributed by atoms with Crippen LogP contribution < -0.4 is 5.73 Å². The monoisotopic (exact) mass is 191 g/mol. The summed E-state index contributed by atoms with van der Waals surface area (Å²) in [7, 11) is 0. The lowest BCUT2D eigenvalue weighted by molar-refractivity contribution is -0.130. The summed E-state index contributed by atoms with van der Waals surface area (Å²) in [6, 6.07) is 9.49. The van der Waals surface area contributed by atoms with E-state index in [4.69, 9.17) is 5.73 Å². The van der Waals surface area contributed by atoms with Gasteiger partial charge < -0.3 is 5.73 Å². The van der Waals surface area contributed by atoms with Gasteiger partial charge >= 0.3 is 6.18 Å². The molecule has 4 heteroatoms. The molecule has 0 unspecified atom stereocenters. The van der Waals surface area contributed by atoms with E-state index in [-0.39, 0.29) is 0 Å². The summed E-state index contributed by atoms with van der Waals surface area (Å²) in [6.45, 7) is 1.08. The Balaban J connectivity index is 0.000000226. The summed E-state index contributed by atoms with van der Waals surface area (Å²) in [4.78, 5) is 0. The number of hydrogen-bond donors (Lipinski definition) is 1. The number of para-hydroxylation sites is 1. The standard InChI is InChI=1S/C6H7N.C3H5F3/c7-6-4-2-1-3-5-6;1-2-3(4,5)6/h1-5H,7H2;2H2,1H3. The molecule has 0 bridgehead atoms. The van der Waals surface area contributed by atoms with Gasteiger partial charge in [0.1, 0.15) is 0 Å². The maximum atomic E-state index is 10.8. The average Bonchev–Trinajstić information content (AvgIpc) is 2.06. The highest BCUT2D eigenvalue weighted by atomic mass is 19.4. The van der Waals surface area contributed by atoms with Crippen LogP contribution in [0.3, 0.4) is 0 Å². The van der Waals surface area contributed by atoms with Gasteiger partial charge in [-0.25, -0.2) is 0 Å². The molecule has 0 saturated heterocycles. The van der Waals surface area contributed by atoms with Crippen molar-refractivity contribution in [3.05, 3.63) is 30.3 Å². The number of benzene rings is 1. The van der Waals surface area contributed by atoms with E-state index >= 15 is 0 Å². The van der Waals surface area contributed by atoms with Crippen molar-refractivity contribution in [3.8, 4) is 0 Å². The number of halogens is 3. The van der Waals surface area contributed by atoms with E-state index in [1.54, 1.807) is 0 Å². The molecule has 0 fully saturated rings. The van der Waals surface area contributed by atoms with Crippen LogP contribution in [0, 0.1) is 0 Å². The molecule has 0 atom stereocenters. The summed E-state index contributed by atoms with van der Waals surface area (Å²) in [6.07, 6.45) is -4.69. The topological polar surface area (TPSA) is 26.0 Å². The Kier molecular flexibility index (Phi) is 4.96. The number of nitrogen functional groups attached to an aromatic ring is 1. The highest BCUT2D eigenvalue weighted by Crippen LogP contribution is 2.17. The lowest BCUT2D eigenvalue weighted by Gasteiger charge is -1.96. The first-order chi connectivity index (χ1) is 5.95. The minimum atomic E-state index is -3.96. The lowest BCUT2D eigenvalue weighted by atomic mass is 10.3. The summed E-state index contributed by atoms with van der Waals surface area (Å²) < 4.78 is 32.4. The molecule has 2 N–H and O–H groups in total. The minimum absolute atomic E-state index is 0.729. The normalized spacial score (nSPS) is 10.2. The summed E-state index contributed by atoms with van der Waals surface area (Å²) in [5.41, 5.74) is 6.18. The Morgan fingerprint density at radius 3 is 1.69 bits per heavy atom. The first-order valence-electron chi connectivity index (χ1n) is 3.83. The molecular weight excluding hydrogens is 179 g/mol. The second-order valence-corrected chi connectivity index (χ2v) is 2.38. The van der Waals surface area contributed by atoms with Crippen molar-refractivity contribution in [2.45, 2.75) is 19.5 Å². The maximum absolute atomic E-state index is 10.8. The van der Waals surface area contributed by atoms with Gasteiger partial charge in [-0.3, -0.25) is 0 Å². The van der Waals surface area contributed by atoms with Crippen LogP contribution in [-0.2, 0) is 0 Å². The fourth-order valence-electron chi connectivity index (χ4n) is 0.453. The molecule has 0 amide bonds. The first-order valence-corrected chi connectivity index (χ1v) is 3.83. The predicted octanol–water partition coefficient (Wildman–Crippen LogP) is 3.23. The van der Waals surface area contributed by atoms with E-state index in [1.807, 2.05) is 30.3 Å². The SMILES string of the molecule is CCC(F)(F)F.Nc1ccccc1. The van der Waals surface area contributed by atoms with Crippen LogP contribution in [-0.4, -0.2) is 6.18 Å². The second-order valence-electron chi connectivity index (χ2n) is 2.38. The molecule has 1 aromatic carbocycles. The van der Waals surface area contributed by atoms with Gasteiger partial charge in [-0.05, 0) is 12.1 Å². The summed E-state index contributed by atoms with van der Waals surface area (Å²) >= 11 is 0. The van der Waals surface area contributed by atoms with Crippen molar-refractivity contribution in [1.82, 2.24) is 0 Å². The van der Waals surface area contributed by atoms with Crippen LogP contribution in [0.15, 0.2) is 30.3 Å². The highest BCUT2D eigenvalue weighted by Gasteiger charge is 2.22. The molecule has 0 saturated carbocycles. The van der Waals surface area contributed by atoms with Gasteiger partial charge in [0.05, 0.1) is 0 Å². The Morgan fingerprint density at radius 1 is 1.15 bits per heavy atom. The van der Waals surface area contributed by atoms with Gasteiger partial charge in [-0.2, -0.15) is 13.2 Å². The predicted molar refractivity (Wildman–Crippen MR) is 47.2 cm³/mol. The van der Waals surface area contributed by atoms with Gasteiger partial charge in [0.2, 0.25) is 0 Å². The van der Waals surface area contributed by atoms with E-state index in [9.17, 15) is 13.2 Å². The fourth-order valence-corrected chi connectivity index (χ4v) is 0.453. The molecule has 0 aliphatic rings. The first kappa shape index (κ1) is 11.8. The largest absolute Gasteiger partial charge is 0.399 e. The number of anilines is 1. The number of alkyl halides is 3. The molecule has 13 heavy (non-hydrogen) atoms. The van der Waals surface area contributed by atoms with Gasteiger partial charge in [0.25, 0.3) is 0 Å². The van der Waals surface area contributed by atoms with Crippen molar-refractivity contribution in [2.75, 3.05) is 5.73 Å². The highest BCUT2D eigenvalue weighted by molar-refractivity contribution is 5.35. The van der Waals surface area contributed by atoms with Crippen LogP contribution >= 0.6 is 0 Å². The van der Waals surface area contributed by atoms with Crippen LogP contribution in [0.5, 0.6) is 0 Å². The van der Waals surface area contributed by atoms with Gasteiger partial charge in [0.15, 0.2) is 0 Å². The molecule has 0 heterocycles. The van der Waals surface area contributed by atoms with E-state index in [2.05, 4.69) is 0 Å². The zero-order valence-electron chi connectivity index (χ0n) is 7.31. The van der Waals surface area contributed by atoms with Gasteiger partial charge in [-0.1, -0.05) is 25.1 Å². The van der Waals surface area contributed by atoms with E-state index < -0.39 is 12.6 Å². The van der Waals surface area contributed by atoms with Crippen LogP contribution in [0.4, 0.5) is 18.9 Å². The molecule has 0 aliphatic heterocycles. The average molecular weight is 191 g/mol. The van der Waals surface area contributed by atoms with Crippen molar-refractivity contribution in [2.24, 2.45) is 0 Å². The third-order valence-corrected chi connectivity index (χ3v) is 1.20. The number of nitrogens with two attached hydrogens (primary N) is 1. The molecule has 74 valence electrons. The maximum Gasteiger partial charge on any atom is 0.388 e. The molecule has 1 aromatic rings. The molecule has 0 aromatic heterocycles. The Morgan fingerprint density at radius 2 is 1.54 bits per heavy atom. The minimum Gasteiger partial charge on any atom is -0.399 e. The number of hydrogen-bond acceptors (Lipinski definition) is 1. The quantitative estimate of drug-likeness (QED) is 0.626. The molecule has 0 aliphatic carbocycles. The number of rotatable bonds is 0. The Labute approximate surface area is 75.4 Å². The Bertz CT molecular complexity index is 218.